The second-order valence-electron chi connectivity index (χ2n) is 4.05. The summed E-state index contributed by atoms with van der Waals surface area (Å²) in [5.74, 6) is -0.192. The summed E-state index contributed by atoms with van der Waals surface area (Å²) in [5, 5.41) is 7.38. The third kappa shape index (κ3) is 2.71. The minimum absolute atomic E-state index is 0.143. The molecule has 0 bridgehead atoms. The molecule has 1 atom stereocenters. The van der Waals surface area contributed by atoms with E-state index < -0.39 is 0 Å². The largest absolute Gasteiger partial charge is 0.311 e. The number of nitrogens with one attached hydrogen (secondary N) is 1. The number of benzene rings is 1. The molecule has 1 aromatic heterocycles. The van der Waals surface area contributed by atoms with E-state index in [2.05, 4.69) is 10.4 Å². The molecule has 0 spiro atoms. The number of hydrogen-bond donors (Lipinski definition) is 1. The van der Waals surface area contributed by atoms with Gasteiger partial charge >= 0.3 is 0 Å². The van der Waals surface area contributed by atoms with Crippen LogP contribution >= 0.6 is 0 Å². The molecule has 17 heavy (non-hydrogen) atoms. The minimum Gasteiger partial charge on any atom is -0.311 e. The first-order chi connectivity index (χ1) is 8.20. The van der Waals surface area contributed by atoms with Crippen LogP contribution in [0.2, 0.25) is 0 Å². The average Bonchev–Trinajstić information content (AvgIpc) is 2.72. The van der Waals surface area contributed by atoms with Crippen molar-refractivity contribution in [2.45, 2.75) is 12.5 Å². The number of rotatable bonds is 4. The van der Waals surface area contributed by atoms with Gasteiger partial charge < -0.3 is 5.32 Å². The van der Waals surface area contributed by atoms with Gasteiger partial charge in [-0.15, -0.1) is 0 Å². The van der Waals surface area contributed by atoms with E-state index in [-0.39, 0.29) is 11.9 Å². The number of aromatic nitrogens is 2. The predicted molar refractivity (Wildman–Crippen MR) is 65.1 cm³/mol. The zero-order chi connectivity index (χ0) is 12.3. The van der Waals surface area contributed by atoms with Crippen LogP contribution in [0.3, 0.4) is 0 Å². The summed E-state index contributed by atoms with van der Waals surface area (Å²) in [5.41, 5.74) is 2.07. The summed E-state index contributed by atoms with van der Waals surface area (Å²) in [4.78, 5) is 0. The molecule has 0 aliphatic rings. The van der Waals surface area contributed by atoms with Gasteiger partial charge in [-0.05, 0) is 37.2 Å². The van der Waals surface area contributed by atoms with E-state index >= 15 is 0 Å². The molecule has 4 heteroatoms. The van der Waals surface area contributed by atoms with Crippen LogP contribution < -0.4 is 5.32 Å². The fraction of sp³-hybridized carbons (Fsp3) is 0.308. The molecule has 0 amide bonds. The van der Waals surface area contributed by atoms with Gasteiger partial charge in [0.2, 0.25) is 0 Å². The molecule has 2 aromatic rings. The molecule has 0 fully saturated rings. The Morgan fingerprint density at radius 3 is 2.82 bits per heavy atom. The van der Waals surface area contributed by atoms with Crippen molar-refractivity contribution in [1.82, 2.24) is 15.1 Å². The van der Waals surface area contributed by atoms with E-state index in [0.29, 0.717) is 0 Å². The highest BCUT2D eigenvalue weighted by molar-refractivity contribution is 5.20. The molecular weight excluding hydrogens is 217 g/mol. The maximum absolute atomic E-state index is 13.1. The van der Waals surface area contributed by atoms with Crippen LogP contribution in [0.5, 0.6) is 0 Å². The van der Waals surface area contributed by atoms with Gasteiger partial charge in [-0.25, -0.2) is 4.39 Å². The SMILES string of the molecule is CNC(Cc1cccc(F)c1)c1ccnn1C. The Labute approximate surface area is 100 Å². The highest BCUT2D eigenvalue weighted by atomic mass is 19.1. The molecule has 1 N–H and O–H groups in total. The molecular formula is C13H16FN3. The van der Waals surface area contributed by atoms with Crippen LogP contribution in [0.1, 0.15) is 17.3 Å². The van der Waals surface area contributed by atoms with Crippen LogP contribution in [0.4, 0.5) is 4.39 Å². The molecule has 0 aliphatic carbocycles. The van der Waals surface area contributed by atoms with E-state index in [1.807, 2.05) is 30.9 Å². The van der Waals surface area contributed by atoms with Crippen LogP contribution in [0, 0.1) is 5.82 Å². The van der Waals surface area contributed by atoms with Gasteiger partial charge in [-0.2, -0.15) is 5.10 Å². The molecule has 1 heterocycles. The lowest BCUT2D eigenvalue weighted by Gasteiger charge is -2.16. The second-order valence-corrected chi connectivity index (χ2v) is 4.05. The van der Waals surface area contributed by atoms with Gasteiger partial charge in [0.15, 0.2) is 0 Å². The molecule has 3 nitrogen and oxygen atoms in total. The fourth-order valence-electron chi connectivity index (χ4n) is 1.98. The molecule has 0 saturated carbocycles. The standard InChI is InChI=1S/C13H16FN3/c1-15-12(13-6-7-16-17(13)2)9-10-4-3-5-11(14)8-10/h3-8,12,15H,9H2,1-2H3. The van der Waals surface area contributed by atoms with Gasteiger partial charge in [0, 0.05) is 13.2 Å². The lowest BCUT2D eigenvalue weighted by atomic mass is 10.0. The Bertz CT molecular complexity index is 493. The average molecular weight is 233 g/mol. The summed E-state index contributed by atoms with van der Waals surface area (Å²) in [7, 11) is 3.81. The van der Waals surface area contributed by atoms with Crippen molar-refractivity contribution in [1.29, 1.82) is 0 Å². The highest BCUT2D eigenvalue weighted by Gasteiger charge is 2.13. The maximum atomic E-state index is 13.1. The Kier molecular flexibility index (Phi) is 3.54. The van der Waals surface area contributed by atoms with Crippen molar-refractivity contribution >= 4 is 0 Å². The zero-order valence-electron chi connectivity index (χ0n) is 10.0. The highest BCUT2D eigenvalue weighted by Crippen LogP contribution is 2.17. The molecule has 0 radical (unpaired) electrons. The normalized spacial score (nSPS) is 12.6. The Morgan fingerprint density at radius 1 is 1.41 bits per heavy atom. The van der Waals surface area contributed by atoms with E-state index in [1.165, 1.54) is 6.07 Å². The molecule has 1 unspecified atom stereocenters. The Hall–Kier alpha value is -1.68. The Balaban J connectivity index is 2.19. The number of nitrogens with zero attached hydrogens (tertiary/aromatic N) is 2. The third-order valence-corrected chi connectivity index (χ3v) is 2.89. The molecule has 0 saturated heterocycles. The fourth-order valence-corrected chi connectivity index (χ4v) is 1.98. The predicted octanol–water partition coefficient (Wildman–Crippen LogP) is 2.06. The Morgan fingerprint density at radius 2 is 2.24 bits per heavy atom. The van der Waals surface area contributed by atoms with Gasteiger partial charge in [-0.1, -0.05) is 12.1 Å². The monoisotopic (exact) mass is 233 g/mol. The van der Waals surface area contributed by atoms with Gasteiger partial charge in [0.25, 0.3) is 0 Å². The van der Waals surface area contributed by atoms with E-state index in [1.54, 1.807) is 18.3 Å². The second kappa shape index (κ2) is 5.10. The first-order valence-corrected chi connectivity index (χ1v) is 5.60. The van der Waals surface area contributed by atoms with Crippen LogP contribution in [-0.4, -0.2) is 16.8 Å². The lowest BCUT2D eigenvalue weighted by Crippen LogP contribution is -2.21. The van der Waals surface area contributed by atoms with Crippen LogP contribution in [0.25, 0.3) is 0 Å². The van der Waals surface area contributed by atoms with Gasteiger partial charge in [0.1, 0.15) is 5.82 Å². The summed E-state index contributed by atoms with van der Waals surface area (Å²) in [6, 6.07) is 8.82. The van der Waals surface area contributed by atoms with Crippen molar-refractivity contribution in [2.24, 2.45) is 7.05 Å². The summed E-state index contributed by atoms with van der Waals surface area (Å²) >= 11 is 0. The van der Waals surface area contributed by atoms with Crippen LogP contribution in [-0.2, 0) is 13.5 Å². The van der Waals surface area contributed by atoms with E-state index in [9.17, 15) is 4.39 Å². The van der Waals surface area contributed by atoms with Crippen molar-refractivity contribution in [2.75, 3.05) is 7.05 Å². The maximum Gasteiger partial charge on any atom is 0.123 e. The molecule has 0 aliphatic heterocycles. The summed E-state index contributed by atoms with van der Waals surface area (Å²) in [6.07, 6.45) is 2.51. The van der Waals surface area contributed by atoms with Crippen LogP contribution in [0.15, 0.2) is 36.5 Å². The van der Waals surface area contributed by atoms with Crippen molar-refractivity contribution in [3.8, 4) is 0 Å². The summed E-state index contributed by atoms with van der Waals surface area (Å²) in [6.45, 7) is 0. The topological polar surface area (TPSA) is 29.9 Å². The first kappa shape index (κ1) is 11.8. The minimum atomic E-state index is -0.192. The van der Waals surface area contributed by atoms with Crippen molar-refractivity contribution in [3.05, 3.63) is 53.6 Å². The van der Waals surface area contributed by atoms with Gasteiger partial charge in [-0.3, -0.25) is 4.68 Å². The number of likely N-dealkylation sites (N-methyl/N-ethyl adjacent to an activating group) is 1. The molecule has 2 rings (SSSR count). The number of hydrogen-bond acceptors (Lipinski definition) is 2. The van der Waals surface area contributed by atoms with E-state index in [4.69, 9.17) is 0 Å². The third-order valence-electron chi connectivity index (χ3n) is 2.89. The number of aryl methyl sites for hydroxylation is 1. The van der Waals surface area contributed by atoms with Gasteiger partial charge in [0.05, 0.1) is 11.7 Å². The van der Waals surface area contributed by atoms with Crippen molar-refractivity contribution in [3.63, 3.8) is 0 Å². The first-order valence-electron chi connectivity index (χ1n) is 5.60. The van der Waals surface area contributed by atoms with E-state index in [0.717, 1.165) is 17.7 Å². The molecule has 1 aromatic carbocycles. The lowest BCUT2D eigenvalue weighted by molar-refractivity contribution is 0.535. The summed E-state index contributed by atoms with van der Waals surface area (Å²) < 4.78 is 14.9. The quantitative estimate of drug-likeness (QED) is 0.876. The number of halogens is 1. The van der Waals surface area contributed by atoms with Crippen molar-refractivity contribution < 1.29 is 4.39 Å². The zero-order valence-corrected chi connectivity index (χ0v) is 10.0. The molecule has 90 valence electrons. The smallest absolute Gasteiger partial charge is 0.123 e.